The van der Waals surface area contributed by atoms with Gasteiger partial charge in [0.15, 0.2) is 11.5 Å². The van der Waals surface area contributed by atoms with Crippen LogP contribution in [0.5, 0.6) is 0 Å². The van der Waals surface area contributed by atoms with Gasteiger partial charge in [-0.3, -0.25) is 15.1 Å². The van der Waals surface area contributed by atoms with Crippen molar-refractivity contribution < 1.29 is 0 Å². The molecule has 0 spiro atoms. The molecule has 6 rings (SSSR count). The summed E-state index contributed by atoms with van der Waals surface area (Å²) in [5.41, 5.74) is 7.27. The number of fused-ring (bicyclic) bond motifs is 2. The highest BCUT2D eigenvalue weighted by Gasteiger charge is 2.16. The zero-order valence-corrected chi connectivity index (χ0v) is 15.8. The predicted octanol–water partition coefficient (Wildman–Crippen LogP) is 4.69. The minimum atomic E-state index is 0.671. The van der Waals surface area contributed by atoms with Gasteiger partial charge in [-0.1, -0.05) is 6.07 Å². The van der Waals surface area contributed by atoms with Gasteiger partial charge < -0.3 is 4.98 Å². The number of rotatable bonds is 3. The molecule has 8 heteroatoms. The van der Waals surface area contributed by atoms with Gasteiger partial charge in [0.25, 0.3) is 0 Å². The molecule has 0 amide bonds. The first-order valence-corrected chi connectivity index (χ1v) is 9.93. The van der Waals surface area contributed by atoms with Crippen molar-refractivity contribution in [2.24, 2.45) is 0 Å². The summed E-state index contributed by atoms with van der Waals surface area (Å²) in [7, 11) is 0. The first kappa shape index (κ1) is 16.1. The number of hydrogen-bond donors (Lipinski definition) is 2. The fourth-order valence-electron chi connectivity index (χ4n) is 3.48. The SMILES string of the molecule is c1cnc(-c2ccc3[nH]nc(-c4nc5nccc(-c6ccsc6)c5[nH]4)c3c2)cn1. The first-order valence-electron chi connectivity index (χ1n) is 8.99. The summed E-state index contributed by atoms with van der Waals surface area (Å²) < 4.78 is 0. The summed E-state index contributed by atoms with van der Waals surface area (Å²) in [4.78, 5) is 21.1. The molecule has 0 saturated carbocycles. The van der Waals surface area contributed by atoms with Crippen LogP contribution in [0.4, 0.5) is 0 Å². The zero-order chi connectivity index (χ0) is 19.2. The van der Waals surface area contributed by atoms with Crippen molar-refractivity contribution in [3.8, 4) is 33.9 Å². The summed E-state index contributed by atoms with van der Waals surface area (Å²) in [6.45, 7) is 0. The highest BCUT2D eigenvalue weighted by molar-refractivity contribution is 7.08. The summed E-state index contributed by atoms with van der Waals surface area (Å²) in [5.74, 6) is 0.678. The van der Waals surface area contributed by atoms with Crippen LogP contribution in [0.25, 0.3) is 56.0 Å². The molecule has 6 aromatic rings. The average molecular weight is 395 g/mol. The lowest BCUT2D eigenvalue weighted by atomic mass is 10.1. The summed E-state index contributed by atoms with van der Waals surface area (Å²) >= 11 is 1.67. The Labute approximate surface area is 168 Å². The van der Waals surface area contributed by atoms with Crippen LogP contribution in [0.15, 0.2) is 65.9 Å². The second-order valence-corrected chi connectivity index (χ2v) is 7.36. The number of aromatic nitrogens is 7. The Kier molecular flexibility index (Phi) is 3.50. The van der Waals surface area contributed by atoms with E-state index in [1.807, 2.05) is 18.2 Å². The molecule has 0 aliphatic heterocycles. The smallest absolute Gasteiger partial charge is 0.178 e. The van der Waals surface area contributed by atoms with E-state index in [1.165, 1.54) is 0 Å². The molecule has 0 fully saturated rings. The normalized spacial score (nSPS) is 11.4. The molecule has 5 heterocycles. The zero-order valence-electron chi connectivity index (χ0n) is 15.0. The number of aromatic amines is 2. The van der Waals surface area contributed by atoms with Crippen molar-refractivity contribution in [1.29, 1.82) is 0 Å². The van der Waals surface area contributed by atoms with Crippen LogP contribution in [-0.2, 0) is 0 Å². The first-order chi connectivity index (χ1) is 14.4. The lowest BCUT2D eigenvalue weighted by Gasteiger charge is -2.00. The Bertz CT molecular complexity index is 1450. The van der Waals surface area contributed by atoms with E-state index in [0.29, 0.717) is 11.5 Å². The summed E-state index contributed by atoms with van der Waals surface area (Å²) in [6, 6.07) is 10.1. The number of thiophene rings is 1. The van der Waals surface area contributed by atoms with E-state index in [-0.39, 0.29) is 0 Å². The van der Waals surface area contributed by atoms with Gasteiger partial charge in [-0.15, -0.1) is 0 Å². The van der Waals surface area contributed by atoms with Crippen LogP contribution < -0.4 is 0 Å². The Hall–Kier alpha value is -3.91. The topological polar surface area (TPSA) is 96.0 Å². The van der Waals surface area contributed by atoms with E-state index < -0.39 is 0 Å². The minimum absolute atomic E-state index is 0.671. The maximum Gasteiger partial charge on any atom is 0.178 e. The van der Waals surface area contributed by atoms with Crippen LogP contribution >= 0.6 is 11.3 Å². The minimum Gasteiger partial charge on any atom is -0.335 e. The molecule has 0 atom stereocenters. The quantitative estimate of drug-likeness (QED) is 0.453. The lowest BCUT2D eigenvalue weighted by molar-refractivity contribution is 1.10. The van der Waals surface area contributed by atoms with E-state index in [1.54, 1.807) is 36.1 Å². The second-order valence-electron chi connectivity index (χ2n) is 6.58. The van der Waals surface area contributed by atoms with E-state index in [0.717, 1.165) is 44.5 Å². The number of benzene rings is 1. The number of pyridine rings is 1. The highest BCUT2D eigenvalue weighted by atomic mass is 32.1. The van der Waals surface area contributed by atoms with E-state index in [4.69, 9.17) is 4.98 Å². The number of hydrogen-bond acceptors (Lipinski definition) is 6. The van der Waals surface area contributed by atoms with Crippen molar-refractivity contribution in [2.45, 2.75) is 0 Å². The molecule has 29 heavy (non-hydrogen) atoms. The monoisotopic (exact) mass is 395 g/mol. The van der Waals surface area contributed by atoms with E-state index >= 15 is 0 Å². The number of H-pyrrole nitrogens is 2. The Morgan fingerprint density at radius 3 is 2.79 bits per heavy atom. The van der Waals surface area contributed by atoms with Gasteiger partial charge in [0.05, 0.1) is 22.9 Å². The van der Waals surface area contributed by atoms with Gasteiger partial charge >= 0.3 is 0 Å². The Morgan fingerprint density at radius 1 is 0.931 bits per heavy atom. The summed E-state index contributed by atoms with van der Waals surface area (Å²) in [6.07, 6.45) is 6.89. The predicted molar refractivity (Wildman–Crippen MR) is 113 cm³/mol. The molecular weight excluding hydrogens is 382 g/mol. The number of nitrogens with one attached hydrogen (secondary N) is 2. The second kappa shape index (κ2) is 6.32. The molecule has 0 aliphatic rings. The third-order valence-corrected chi connectivity index (χ3v) is 5.55. The Morgan fingerprint density at radius 2 is 1.93 bits per heavy atom. The molecule has 2 N–H and O–H groups in total. The maximum absolute atomic E-state index is 4.70. The van der Waals surface area contributed by atoms with Gasteiger partial charge in [0.1, 0.15) is 5.69 Å². The van der Waals surface area contributed by atoms with Crippen molar-refractivity contribution >= 4 is 33.4 Å². The van der Waals surface area contributed by atoms with Crippen molar-refractivity contribution in [2.75, 3.05) is 0 Å². The molecule has 5 aromatic heterocycles. The standard InChI is InChI=1S/C21H13N7S/c1-2-16-15(9-12(1)17-10-22-6-7-23-17)19(28-27-16)21-25-18-14(13-4-8-29-11-13)3-5-24-20(18)26-21/h1-11H,(H,27,28)(H,24,25,26). The summed E-state index contributed by atoms with van der Waals surface area (Å²) in [5, 5.41) is 12.7. The molecule has 0 saturated heterocycles. The molecule has 0 radical (unpaired) electrons. The highest BCUT2D eigenvalue weighted by Crippen LogP contribution is 2.32. The van der Waals surface area contributed by atoms with Gasteiger partial charge in [-0.25, -0.2) is 9.97 Å². The maximum atomic E-state index is 4.70. The third kappa shape index (κ3) is 2.61. The van der Waals surface area contributed by atoms with Crippen molar-refractivity contribution in [1.82, 2.24) is 35.1 Å². The van der Waals surface area contributed by atoms with Gasteiger partial charge in [-0.05, 0) is 40.6 Å². The molecule has 0 aliphatic carbocycles. The molecule has 0 unspecified atom stereocenters. The molecule has 138 valence electrons. The fourth-order valence-corrected chi connectivity index (χ4v) is 4.14. The van der Waals surface area contributed by atoms with E-state index in [9.17, 15) is 0 Å². The van der Waals surface area contributed by atoms with E-state index in [2.05, 4.69) is 53.0 Å². The number of imidazole rings is 1. The van der Waals surface area contributed by atoms with Crippen LogP contribution in [0.2, 0.25) is 0 Å². The lowest BCUT2D eigenvalue weighted by Crippen LogP contribution is -1.85. The van der Waals surface area contributed by atoms with Gasteiger partial charge in [0.2, 0.25) is 0 Å². The molecular formula is C21H13N7S. The third-order valence-electron chi connectivity index (χ3n) is 4.87. The molecule has 7 nitrogen and oxygen atoms in total. The van der Waals surface area contributed by atoms with Gasteiger partial charge in [-0.2, -0.15) is 16.4 Å². The molecule has 0 bridgehead atoms. The van der Waals surface area contributed by atoms with Crippen LogP contribution in [0.1, 0.15) is 0 Å². The Balaban J connectivity index is 1.53. The van der Waals surface area contributed by atoms with Gasteiger partial charge in [0, 0.05) is 35.1 Å². The van der Waals surface area contributed by atoms with Crippen LogP contribution in [0, 0.1) is 0 Å². The molecule has 1 aromatic carbocycles. The number of nitrogens with zero attached hydrogens (tertiary/aromatic N) is 5. The fraction of sp³-hybridized carbons (Fsp3) is 0. The van der Waals surface area contributed by atoms with Crippen LogP contribution in [-0.4, -0.2) is 35.1 Å². The van der Waals surface area contributed by atoms with Crippen molar-refractivity contribution in [3.63, 3.8) is 0 Å². The van der Waals surface area contributed by atoms with Crippen molar-refractivity contribution in [3.05, 3.63) is 65.9 Å². The largest absolute Gasteiger partial charge is 0.335 e. The average Bonchev–Trinajstić information content (AvgIpc) is 3.52. The van der Waals surface area contributed by atoms with Crippen LogP contribution in [0.3, 0.4) is 0 Å².